The van der Waals surface area contributed by atoms with Crippen LogP contribution in [0.25, 0.3) is 0 Å². The first-order valence-corrected chi connectivity index (χ1v) is 10.5. The predicted molar refractivity (Wildman–Crippen MR) is 114 cm³/mol. The summed E-state index contributed by atoms with van der Waals surface area (Å²) in [5, 5.41) is 18.3. The molecule has 0 saturated heterocycles. The molecular formula is C22H29N6O2+. The second-order valence-corrected chi connectivity index (χ2v) is 7.65. The number of hydrazine groups is 1. The van der Waals surface area contributed by atoms with Crippen LogP contribution in [0.1, 0.15) is 42.8 Å². The minimum absolute atomic E-state index is 0.0540. The van der Waals surface area contributed by atoms with E-state index >= 15 is 0 Å². The fourth-order valence-electron chi connectivity index (χ4n) is 3.44. The van der Waals surface area contributed by atoms with Gasteiger partial charge >= 0.3 is 5.91 Å². The Morgan fingerprint density at radius 3 is 2.93 bits per heavy atom. The molecule has 2 heterocycles. The van der Waals surface area contributed by atoms with E-state index in [1.807, 2.05) is 54.5 Å². The zero-order valence-electron chi connectivity index (χ0n) is 17.1. The molecule has 1 fully saturated rings. The Morgan fingerprint density at radius 2 is 2.20 bits per heavy atom. The van der Waals surface area contributed by atoms with Crippen molar-refractivity contribution in [1.29, 1.82) is 0 Å². The lowest BCUT2D eigenvalue weighted by Crippen LogP contribution is -2.92. The number of carbonyl (C=O) groups is 1. The van der Waals surface area contributed by atoms with E-state index in [9.17, 15) is 9.90 Å². The van der Waals surface area contributed by atoms with Crippen LogP contribution in [0.5, 0.6) is 0 Å². The van der Waals surface area contributed by atoms with E-state index in [0.717, 1.165) is 48.2 Å². The van der Waals surface area contributed by atoms with Crippen molar-refractivity contribution in [3.63, 3.8) is 0 Å². The van der Waals surface area contributed by atoms with E-state index in [1.165, 1.54) is 0 Å². The summed E-state index contributed by atoms with van der Waals surface area (Å²) in [5.41, 5.74) is 9.35. The molecule has 0 radical (unpaired) electrons. The summed E-state index contributed by atoms with van der Waals surface area (Å²) < 4.78 is 0. The van der Waals surface area contributed by atoms with Gasteiger partial charge in [0.05, 0.1) is 11.9 Å². The van der Waals surface area contributed by atoms with Gasteiger partial charge in [0.1, 0.15) is 6.23 Å². The van der Waals surface area contributed by atoms with Gasteiger partial charge in [0.15, 0.2) is 0 Å². The Balaban J connectivity index is 1.55. The van der Waals surface area contributed by atoms with Gasteiger partial charge in [0.2, 0.25) is 5.70 Å². The number of hydrogen-bond donors (Lipinski definition) is 5. The van der Waals surface area contributed by atoms with Crippen LogP contribution in [0.4, 0.5) is 5.69 Å². The highest BCUT2D eigenvalue weighted by molar-refractivity contribution is 5.91. The van der Waals surface area contributed by atoms with Crippen molar-refractivity contribution in [2.24, 2.45) is 0 Å². The number of amides is 1. The Bertz CT molecular complexity index is 913. The number of benzene rings is 1. The van der Waals surface area contributed by atoms with E-state index in [2.05, 4.69) is 21.2 Å². The Hall–Kier alpha value is -2.78. The molecule has 158 valence electrons. The largest absolute Gasteiger partial charge is 0.374 e. The average molecular weight is 410 g/mol. The maximum absolute atomic E-state index is 12.4. The van der Waals surface area contributed by atoms with Crippen molar-refractivity contribution >= 4 is 11.6 Å². The van der Waals surface area contributed by atoms with Crippen molar-refractivity contribution in [3.8, 4) is 0 Å². The Labute approximate surface area is 176 Å². The van der Waals surface area contributed by atoms with Crippen molar-refractivity contribution in [2.45, 2.75) is 44.9 Å². The zero-order chi connectivity index (χ0) is 20.9. The van der Waals surface area contributed by atoms with Crippen LogP contribution >= 0.6 is 0 Å². The van der Waals surface area contributed by atoms with Crippen LogP contribution in [0.3, 0.4) is 0 Å². The molecule has 1 aliphatic carbocycles. The lowest BCUT2D eigenvalue weighted by atomic mass is 10.0. The van der Waals surface area contributed by atoms with Crippen LogP contribution in [-0.2, 0) is 17.6 Å². The van der Waals surface area contributed by atoms with Gasteiger partial charge < -0.3 is 10.4 Å². The minimum Gasteiger partial charge on any atom is -0.374 e. The maximum Gasteiger partial charge on any atom is 0.309 e. The van der Waals surface area contributed by atoms with Crippen LogP contribution in [0.2, 0.25) is 0 Å². The van der Waals surface area contributed by atoms with Gasteiger partial charge in [-0.05, 0) is 67.6 Å². The standard InChI is InChI=1S/C22H28N6O2/c1-2-23-21(29)16-7-11-20(15(13-16)6-8-17-5-3-4-12-24-17)28-14-19(26-27-28)22(30)25-18-9-10-18/h3-5,7,11-14,18,21,23,26-27,29H,2,6,8-10H2,1H3,(H,25,30)/p+1. The molecule has 0 spiro atoms. The quantitative estimate of drug-likeness (QED) is 0.303. The smallest absolute Gasteiger partial charge is 0.309 e. The number of aliphatic hydroxyl groups excluding tert-OH is 1. The Kier molecular flexibility index (Phi) is 6.39. The third kappa shape index (κ3) is 5.03. The fraction of sp³-hybridized carbons (Fsp3) is 0.364. The van der Waals surface area contributed by atoms with E-state index in [0.29, 0.717) is 18.3 Å². The fourth-order valence-corrected chi connectivity index (χ4v) is 3.44. The van der Waals surface area contributed by atoms with E-state index < -0.39 is 6.23 Å². The molecule has 8 heteroatoms. The number of aryl methyl sites for hydroxylation is 2. The van der Waals surface area contributed by atoms with Gasteiger partial charge in [-0.1, -0.05) is 24.6 Å². The number of anilines is 1. The number of nitrogens with zero attached hydrogens (tertiary/aromatic N) is 2. The highest BCUT2D eigenvalue weighted by Crippen LogP contribution is 2.26. The molecular weight excluding hydrogens is 380 g/mol. The number of aromatic nitrogens is 1. The molecule has 1 atom stereocenters. The molecule has 1 saturated carbocycles. The first-order valence-electron chi connectivity index (χ1n) is 10.5. The van der Waals surface area contributed by atoms with Crippen LogP contribution in [0, 0.1) is 0 Å². The molecule has 1 unspecified atom stereocenters. The van der Waals surface area contributed by atoms with E-state index in [-0.39, 0.29) is 5.91 Å². The lowest BCUT2D eigenvalue weighted by molar-refractivity contribution is -0.652. The van der Waals surface area contributed by atoms with Gasteiger partial charge in [0, 0.05) is 17.9 Å². The third-order valence-corrected chi connectivity index (χ3v) is 5.26. The number of nitrogens with two attached hydrogens (primary N) is 1. The number of pyridine rings is 1. The van der Waals surface area contributed by atoms with E-state index in [4.69, 9.17) is 0 Å². The minimum atomic E-state index is -0.717. The number of rotatable bonds is 9. The molecule has 8 nitrogen and oxygen atoms in total. The first kappa shape index (κ1) is 20.5. The average Bonchev–Trinajstić information content (AvgIpc) is 3.44. The van der Waals surface area contributed by atoms with Crippen molar-refractivity contribution < 1.29 is 15.3 Å². The predicted octanol–water partition coefficient (Wildman–Crippen LogP) is 0.390. The molecule has 1 aromatic heterocycles. The third-order valence-electron chi connectivity index (χ3n) is 5.26. The maximum atomic E-state index is 12.4. The summed E-state index contributed by atoms with van der Waals surface area (Å²) >= 11 is 0. The van der Waals surface area contributed by atoms with E-state index in [1.54, 1.807) is 11.6 Å². The summed E-state index contributed by atoms with van der Waals surface area (Å²) in [6.07, 6.45) is 6.56. The lowest BCUT2D eigenvalue weighted by Gasteiger charge is -2.20. The SMILES string of the molecule is CCNC(O)c1ccc(N2C=C(C(=O)NC3CC3)[NH2+]N2)c(CCc2ccccn2)c1. The van der Waals surface area contributed by atoms with Crippen LogP contribution < -0.4 is 26.6 Å². The van der Waals surface area contributed by atoms with Gasteiger partial charge in [-0.3, -0.25) is 15.1 Å². The summed E-state index contributed by atoms with van der Waals surface area (Å²) in [4.78, 5) is 16.8. The second kappa shape index (κ2) is 9.36. The first-order chi connectivity index (χ1) is 14.6. The summed E-state index contributed by atoms with van der Waals surface area (Å²) in [6.45, 7) is 2.64. The molecule has 30 heavy (non-hydrogen) atoms. The Morgan fingerprint density at radius 1 is 1.33 bits per heavy atom. The van der Waals surface area contributed by atoms with Gasteiger partial charge in [-0.15, -0.1) is 0 Å². The highest BCUT2D eigenvalue weighted by atomic mass is 16.3. The molecule has 6 N–H and O–H groups in total. The van der Waals surface area contributed by atoms with Crippen LogP contribution in [0.15, 0.2) is 54.5 Å². The number of nitrogens with one attached hydrogen (secondary N) is 3. The molecule has 1 aliphatic heterocycles. The van der Waals surface area contributed by atoms with Gasteiger partial charge in [0.25, 0.3) is 0 Å². The van der Waals surface area contributed by atoms with Crippen LogP contribution in [-0.4, -0.2) is 28.6 Å². The number of hydrogen-bond acceptors (Lipinski definition) is 6. The number of quaternary nitrogens is 1. The molecule has 2 aromatic rings. The molecule has 1 aromatic carbocycles. The number of carbonyl (C=O) groups excluding carboxylic acids is 1. The number of aliphatic hydroxyl groups is 1. The monoisotopic (exact) mass is 409 g/mol. The van der Waals surface area contributed by atoms with Gasteiger partial charge in [-0.25, -0.2) is 10.4 Å². The van der Waals surface area contributed by atoms with Crippen molar-refractivity contribution in [2.75, 3.05) is 11.6 Å². The summed E-state index contributed by atoms with van der Waals surface area (Å²) in [6, 6.07) is 12.1. The topological polar surface area (TPSA) is 106 Å². The molecule has 2 aliphatic rings. The van der Waals surface area contributed by atoms with Crippen molar-refractivity contribution in [3.05, 3.63) is 71.3 Å². The molecule has 1 amide bonds. The summed E-state index contributed by atoms with van der Waals surface area (Å²) in [5.74, 6) is -0.0540. The summed E-state index contributed by atoms with van der Waals surface area (Å²) in [7, 11) is 0. The highest BCUT2D eigenvalue weighted by Gasteiger charge is 2.30. The molecule has 0 bridgehead atoms. The zero-order valence-corrected chi connectivity index (χ0v) is 17.1. The van der Waals surface area contributed by atoms with Crippen molar-refractivity contribution in [1.82, 2.24) is 21.2 Å². The second-order valence-electron chi connectivity index (χ2n) is 7.65. The van der Waals surface area contributed by atoms with Gasteiger partial charge in [-0.2, -0.15) is 0 Å². The normalized spacial score (nSPS) is 17.0. The molecule has 4 rings (SSSR count).